The zero-order valence-corrected chi connectivity index (χ0v) is 8.68. The SMILES string of the molecule is CCCCC(=O)NC1CCN(C)C1. The average Bonchev–Trinajstić information content (AvgIpc) is 2.48. The third-order valence-electron chi connectivity index (χ3n) is 2.51. The van der Waals surface area contributed by atoms with Crippen molar-refractivity contribution in [3.05, 3.63) is 0 Å². The molecular formula is C10H20N2O. The highest BCUT2D eigenvalue weighted by Gasteiger charge is 2.20. The van der Waals surface area contributed by atoms with E-state index in [1.165, 1.54) is 0 Å². The van der Waals surface area contributed by atoms with Gasteiger partial charge in [0.05, 0.1) is 0 Å². The van der Waals surface area contributed by atoms with E-state index in [4.69, 9.17) is 0 Å². The fourth-order valence-electron chi connectivity index (χ4n) is 1.69. The molecule has 1 saturated heterocycles. The Bertz CT molecular complexity index is 170. The van der Waals surface area contributed by atoms with Gasteiger partial charge in [-0.2, -0.15) is 0 Å². The van der Waals surface area contributed by atoms with E-state index in [0.29, 0.717) is 12.5 Å². The first-order valence-corrected chi connectivity index (χ1v) is 5.20. The zero-order chi connectivity index (χ0) is 9.68. The number of nitrogens with zero attached hydrogens (tertiary/aromatic N) is 1. The molecule has 0 bridgehead atoms. The third-order valence-corrected chi connectivity index (χ3v) is 2.51. The molecule has 1 heterocycles. The van der Waals surface area contributed by atoms with Crippen LogP contribution in [0.5, 0.6) is 0 Å². The Kier molecular flexibility index (Phi) is 4.22. The summed E-state index contributed by atoms with van der Waals surface area (Å²) in [6.07, 6.45) is 3.90. The maximum Gasteiger partial charge on any atom is 0.220 e. The zero-order valence-electron chi connectivity index (χ0n) is 8.68. The van der Waals surface area contributed by atoms with E-state index in [2.05, 4.69) is 24.2 Å². The molecular weight excluding hydrogens is 164 g/mol. The van der Waals surface area contributed by atoms with Crippen molar-refractivity contribution in [1.29, 1.82) is 0 Å². The van der Waals surface area contributed by atoms with Gasteiger partial charge in [-0.15, -0.1) is 0 Å². The van der Waals surface area contributed by atoms with Crippen LogP contribution in [0, 0.1) is 0 Å². The molecule has 0 aliphatic carbocycles. The molecule has 3 heteroatoms. The average molecular weight is 184 g/mol. The smallest absolute Gasteiger partial charge is 0.220 e. The summed E-state index contributed by atoms with van der Waals surface area (Å²) in [5.41, 5.74) is 0. The van der Waals surface area contributed by atoms with E-state index >= 15 is 0 Å². The number of nitrogens with one attached hydrogen (secondary N) is 1. The standard InChI is InChI=1S/C10H20N2O/c1-3-4-5-10(13)11-9-6-7-12(2)8-9/h9H,3-8H2,1-2H3,(H,11,13). The number of unbranched alkanes of at least 4 members (excludes halogenated alkanes) is 1. The molecule has 1 aliphatic rings. The first-order valence-electron chi connectivity index (χ1n) is 5.20. The molecule has 1 amide bonds. The number of rotatable bonds is 4. The molecule has 1 fully saturated rings. The molecule has 76 valence electrons. The lowest BCUT2D eigenvalue weighted by atomic mass is 10.2. The summed E-state index contributed by atoms with van der Waals surface area (Å²) in [5, 5.41) is 3.06. The van der Waals surface area contributed by atoms with Gasteiger partial charge in [0.1, 0.15) is 0 Å². The van der Waals surface area contributed by atoms with E-state index in [1.54, 1.807) is 0 Å². The monoisotopic (exact) mass is 184 g/mol. The Morgan fingerprint density at radius 3 is 2.92 bits per heavy atom. The van der Waals surface area contributed by atoms with Crippen molar-refractivity contribution in [2.24, 2.45) is 0 Å². The van der Waals surface area contributed by atoms with Gasteiger partial charge in [-0.1, -0.05) is 13.3 Å². The van der Waals surface area contributed by atoms with Gasteiger partial charge in [-0.05, 0) is 26.4 Å². The Morgan fingerprint density at radius 2 is 2.38 bits per heavy atom. The molecule has 1 unspecified atom stereocenters. The molecule has 1 N–H and O–H groups in total. The van der Waals surface area contributed by atoms with Crippen LogP contribution in [-0.4, -0.2) is 37.0 Å². The molecule has 13 heavy (non-hydrogen) atoms. The first-order chi connectivity index (χ1) is 6.22. The molecule has 0 saturated carbocycles. The fraction of sp³-hybridized carbons (Fsp3) is 0.900. The Balaban J connectivity index is 2.13. The Labute approximate surface area is 80.5 Å². The van der Waals surface area contributed by atoms with E-state index < -0.39 is 0 Å². The van der Waals surface area contributed by atoms with Gasteiger partial charge in [0, 0.05) is 19.0 Å². The van der Waals surface area contributed by atoms with Crippen molar-refractivity contribution in [3.63, 3.8) is 0 Å². The van der Waals surface area contributed by atoms with Crippen LogP contribution >= 0.6 is 0 Å². The minimum atomic E-state index is 0.224. The molecule has 1 aliphatic heterocycles. The van der Waals surface area contributed by atoms with Crippen LogP contribution in [0.2, 0.25) is 0 Å². The van der Waals surface area contributed by atoms with E-state index in [0.717, 1.165) is 32.4 Å². The van der Waals surface area contributed by atoms with E-state index in [1.807, 2.05) is 0 Å². The van der Waals surface area contributed by atoms with Gasteiger partial charge in [0.15, 0.2) is 0 Å². The normalized spacial score (nSPS) is 23.4. The fourth-order valence-corrected chi connectivity index (χ4v) is 1.69. The van der Waals surface area contributed by atoms with Crippen molar-refractivity contribution in [3.8, 4) is 0 Å². The van der Waals surface area contributed by atoms with Gasteiger partial charge in [-0.25, -0.2) is 0 Å². The van der Waals surface area contributed by atoms with Crippen LogP contribution in [0.3, 0.4) is 0 Å². The third kappa shape index (κ3) is 3.77. The summed E-state index contributed by atoms with van der Waals surface area (Å²) in [6, 6.07) is 0.398. The van der Waals surface area contributed by atoms with Gasteiger partial charge in [-0.3, -0.25) is 4.79 Å². The molecule has 1 atom stereocenters. The number of likely N-dealkylation sites (tertiary alicyclic amines) is 1. The highest BCUT2D eigenvalue weighted by atomic mass is 16.1. The predicted molar refractivity (Wildman–Crippen MR) is 53.6 cm³/mol. The van der Waals surface area contributed by atoms with Crippen LogP contribution in [0.25, 0.3) is 0 Å². The minimum Gasteiger partial charge on any atom is -0.352 e. The molecule has 3 nitrogen and oxygen atoms in total. The minimum absolute atomic E-state index is 0.224. The number of carbonyl (C=O) groups excluding carboxylic acids is 1. The van der Waals surface area contributed by atoms with Gasteiger partial charge >= 0.3 is 0 Å². The summed E-state index contributed by atoms with van der Waals surface area (Å²) >= 11 is 0. The number of carbonyl (C=O) groups is 1. The van der Waals surface area contributed by atoms with Crippen molar-refractivity contribution in [2.45, 2.75) is 38.6 Å². The maximum atomic E-state index is 11.3. The van der Waals surface area contributed by atoms with Crippen molar-refractivity contribution in [2.75, 3.05) is 20.1 Å². The molecule has 0 spiro atoms. The molecule has 0 aromatic rings. The Hall–Kier alpha value is -0.570. The number of hydrogen-bond acceptors (Lipinski definition) is 2. The van der Waals surface area contributed by atoms with Crippen LogP contribution in [0.4, 0.5) is 0 Å². The largest absolute Gasteiger partial charge is 0.352 e. The molecule has 0 aromatic heterocycles. The quantitative estimate of drug-likeness (QED) is 0.707. The van der Waals surface area contributed by atoms with Gasteiger partial charge in [0.25, 0.3) is 0 Å². The van der Waals surface area contributed by atoms with Crippen LogP contribution in [0.1, 0.15) is 32.6 Å². The second-order valence-corrected chi connectivity index (χ2v) is 3.92. The lowest BCUT2D eigenvalue weighted by Crippen LogP contribution is -2.36. The second kappa shape index (κ2) is 5.22. The summed E-state index contributed by atoms with van der Waals surface area (Å²) < 4.78 is 0. The van der Waals surface area contributed by atoms with E-state index in [9.17, 15) is 4.79 Å². The lowest BCUT2D eigenvalue weighted by Gasteiger charge is -2.12. The molecule has 0 radical (unpaired) electrons. The first kappa shape index (κ1) is 10.5. The Morgan fingerprint density at radius 1 is 1.62 bits per heavy atom. The number of amides is 1. The van der Waals surface area contributed by atoms with Gasteiger partial charge < -0.3 is 10.2 Å². The van der Waals surface area contributed by atoms with Crippen LogP contribution < -0.4 is 5.32 Å². The summed E-state index contributed by atoms with van der Waals surface area (Å²) in [6.45, 7) is 4.23. The summed E-state index contributed by atoms with van der Waals surface area (Å²) in [5.74, 6) is 0.224. The van der Waals surface area contributed by atoms with E-state index in [-0.39, 0.29) is 5.91 Å². The highest BCUT2D eigenvalue weighted by Crippen LogP contribution is 2.06. The van der Waals surface area contributed by atoms with Crippen molar-refractivity contribution < 1.29 is 4.79 Å². The van der Waals surface area contributed by atoms with Crippen molar-refractivity contribution >= 4 is 5.91 Å². The summed E-state index contributed by atoms with van der Waals surface area (Å²) in [7, 11) is 2.10. The number of hydrogen-bond donors (Lipinski definition) is 1. The number of likely N-dealkylation sites (N-methyl/N-ethyl adjacent to an activating group) is 1. The van der Waals surface area contributed by atoms with Crippen molar-refractivity contribution in [1.82, 2.24) is 10.2 Å². The highest BCUT2D eigenvalue weighted by molar-refractivity contribution is 5.76. The van der Waals surface area contributed by atoms with Gasteiger partial charge in [0.2, 0.25) is 5.91 Å². The molecule has 1 rings (SSSR count). The van der Waals surface area contributed by atoms with Crippen LogP contribution in [-0.2, 0) is 4.79 Å². The molecule has 0 aromatic carbocycles. The van der Waals surface area contributed by atoms with Crippen LogP contribution in [0.15, 0.2) is 0 Å². The maximum absolute atomic E-state index is 11.3. The second-order valence-electron chi connectivity index (χ2n) is 3.92. The lowest BCUT2D eigenvalue weighted by molar-refractivity contribution is -0.121. The topological polar surface area (TPSA) is 32.3 Å². The predicted octanol–water partition coefficient (Wildman–Crippen LogP) is 0.997. The summed E-state index contributed by atoms with van der Waals surface area (Å²) in [4.78, 5) is 13.6.